The lowest BCUT2D eigenvalue weighted by molar-refractivity contribution is -0.0295. The molecule has 0 fully saturated rings. The van der Waals surface area contributed by atoms with Gasteiger partial charge in [0.05, 0.1) is 28.2 Å². The van der Waals surface area contributed by atoms with Crippen molar-refractivity contribution in [2.45, 2.75) is 13.0 Å². The van der Waals surface area contributed by atoms with E-state index in [4.69, 9.17) is 9.94 Å². The van der Waals surface area contributed by atoms with E-state index in [0.717, 1.165) is 11.5 Å². The molecule has 148 valence electrons. The highest BCUT2D eigenvalue weighted by atomic mass is 32.1. The lowest BCUT2D eigenvalue weighted by Crippen LogP contribution is -2.30. The zero-order chi connectivity index (χ0) is 20.3. The van der Waals surface area contributed by atoms with Gasteiger partial charge in [0.2, 0.25) is 0 Å². The number of hydroxylamine groups is 1. The zero-order valence-corrected chi connectivity index (χ0v) is 15.4. The molecule has 28 heavy (non-hydrogen) atoms. The molecule has 1 aromatic heterocycles. The average molecular weight is 410 g/mol. The van der Waals surface area contributed by atoms with Crippen molar-refractivity contribution in [2.75, 3.05) is 18.5 Å². The summed E-state index contributed by atoms with van der Waals surface area (Å²) in [6.45, 7) is 0.782. The minimum Gasteiger partial charge on any atom is -0.394 e. The predicted octanol–water partition coefficient (Wildman–Crippen LogP) is 2.04. The van der Waals surface area contributed by atoms with E-state index in [1.807, 2.05) is 0 Å². The number of hydrogen-bond donors (Lipinski definition) is 4. The normalized spacial score (nSPS) is 12.2. The largest absolute Gasteiger partial charge is 0.394 e. The molecule has 8 nitrogen and oxygen atoms in total. The molecule has 2 aromatic carbocycles. The highest BCUT2D eigenvalue weighted by Crippen LogP contribution is 2.32. The van der Waals surface area contributed by atoms with Crippen molar-refractivity contribution in [2.24, 2.45) is 0 Å². The second-order valence-corrected chi connectivity index (χ2v) is 6.71. The van der Waals surface area contributed by atoms with Crippen molar-refractivity contribution in [3.05, 3.63) is 47.0 Å². The molecule has 1 unspecified atom stereocenters. The number of benzene rings is 2. The van der Waals surface area contributed by atoms with Crippen LogP contribution in [0.25, 0.3) is 10.2 Å². The zero-order valence-electron chi connectivity index (χ0n) is 14.6. The fraction of sp³-hybridized carbons (Fsp3) is 0.235. The van der Waals surface area contributed by atoms with Crippen molar-refractivity contribution in [1.29, 1.82) is 0 Å². The Balaban J connectivity index is 1.96. The number of amides is 1. The van der Waals surface area contributed by atoms with Crippen LogP contribution in [0.5, 0.6) is 0 Å². The number of aliphatic hydroxyl groups is 2. The van der Waals surface area contributed by atoms with Crippen LogP contribution in [0, 0.1) is 18.6 Å². The van der Waals surface area contributed by atoms with Gasteiger partial charge in [0.15, 0.2) is 5.82 Å². The highest BCUT2D eigenvalue weighted by Gasteiger charge is 2.22. The summed E-state index contributed by atoms with van der Waals surface area (Å²) in [7, 11) is 0. The SMILES string of the molecule is Cc1ccc(Nc2c(C(=O)NOCC(O)CO)cc3snnc3c2F)c(F)c1. The topological polar surface area (TPSA) is 117 Å². The number of aryl methyl sites for hydroxylation is 1. The van der Waals surface area contributed by atoms with Gasteiger partial charge < -0.3 is 15.5 Å². The summed E-state index contributed by atoms with van der Waals surface area (Å²) in [6.07, 6.45) is -1.19. The van der Waals surface area contributed by atoms with Crippen molar-refractivity contribution in [1.82, 2.24) is 15.1 Å². The van der Waals surface area contributed by atoms with Gasteiger partial charge in [0.25, 0.3) is 5.91 Å². The second kappa shape index (κ2) is 8.52. The van der Waals surface area contributed by atoms with Crippen LogP contribution < -0.4 is 10.8 Å². The summed E-state index contributed by atoms with van der Waals surface area (Å²) in [5.41, 5.74) is 2.17. The van der Waals surface area contributed by atoms with E-state index in [9.17, 15) is 18.7 Å². The summed E-state index contributed by atoms with van der Waals surface area (Å²) in [4.78, 5) is 17.3. The summed E-state index contributed by atoms with van der Waals surface area (Å²) < 4.78 is 33.1. The fourth-order valence-electron chi connectivity index (χ4n) is 2.35. The molecule has 3 rings (SSSR count). The van der Waals surface area contributed by atoms with Crippen molar-refractivity contribution in [3.63, 3.8) is 0 Å². The minimum absolute atomic E-state index is 0.0299. The Hall–Kier alpha value is -2.73. The van der Waals surface area contributed by atoms with Crippen molar-refractivity contribution in [3.8, 4) is 0 Å². The number of hydrogen-bond acceptors (Lipinski definition) is 8. The number of nitrogens with one attached hydrogen (secondary N) is 2. The number of anilines is 2. The summed E-state index contributed by atoms with van der Waals surface area (Å²) in [6, 6.07) is 5.66. The first-order valence-electron chi connectivity index (χ1n) is 8.09. The molecule has 0 aliphatic rings. The van der Waals surface area contributed by atoms with Crippen LogP contribution in [0.1, 0.15) is 15.9 Å². The molecule has 0 aliphatic heterocycles. The molecule has 1 amide bonds. The first kappa shape index (κ1) is 20.0. The van der Waals surface area contributed by atoms with Crippen LogP contribution in [-0.4, -0.2) is 45.0 Å². The fourth-order valence-corrected chi connectivity index (χ4v) is 2.95. The monoisotopic (exact) mass is 410 g/mol. The quantitative estimate of drug-likeness (QED) is 0.441. The van der Waals surface area contributed by atoms with Gasteiger partial charge >= 0.3 is 0 Å². The molecule has 0 radical (unpaired) electrons. The van der Waals surface area contributed by atoms with Gasteiger partial charge in [-0.1, -0.05) is 10.6 Å². The van der Waals surface area contributed by atoms with E-state index in [0.29, 0.717) is 10.3 Å². The number of fused-ring (bicyclic) bond motifs is 1. The molecule has 0 spiro atoms. The molecule has 0 saturated carbocycles. The van der Waals surface area contributed by atoms with E-state index < -0.39 is 30.3 Å². The number of rotatable bonds is 7. The Morgan fingerprint density at radius 2 is 2.14 bits per heavy atom. The maximum Gasteiger partial charge on any atom is 0.277 e. The van der Waals surface area contributed by atoms with Gasteiger partial charge in [0, 0.05) is 0 Å². The average Bonchev–Trinajstić information content (AvgIpc) is 3.14. The number of nitrogens with zero attached hydrogens (tertiary/aromatic N) is 2. The Bertz CT molecular complexity index is 1010. The molecular formula is C17H16F2N4O4S. The Labute approximate surface area is 161 Å². The molecule has 1 heterocycles. The van der Waals surface area contributed by atoms with Crippen LogP contribution in [0.2, 0.25) is 0 Å². The summed E-state index contributed by atoms with van der Waals surface area (Å²) in [5, 5.41) is 24.3. The predicted molar refractivity (Wildman–Crippen MR) is 98.3 cm³/mol. The van der Waals surface area contributed by atoms with Gasteiger partial charge in [-0.15, -0.1) is 5.10 Å². The lowest BCUT2D eigenvalue weighted by atomic mass is 10.1. The van der Waals surface area contributed by atoms with Crippen molar-refractivity contribution >= 4 is 39.0 Å². The first-order chi connectivity index (χ1) is 13.4. The van der Waals surface area contributed by atoms with Gasteiger partial charge in [-0.05, 0) is 42.2 Å². The van der Waals surface area contributed by atoms with Crippen molar-refractivity contribution < 1.29 is 28.6 Å². The molecule has 4 N–H and O–H groups in total. The Morgan fingerprint density at radius 1 is 1.36 bits per heavy atom. The standard InChI is InChI=1S/C17H16F2N4O4S/c1-8-2-3-12(11(18)4-8)20-15-10(17(26)22-27-7-9(25)6-24)5-13-16(14(15)19)21-23-28-13/h2-5,9,20,24-25H,6-7H2,1H3,(H,22,26). The van der Waals surface area contributed by atoms with Gasteiger partial charge in [-0.3, -0.25) is 9.63 Å². The van der Waals surface area contributed by atoms with Crippen LogP contribution in [0.3, 0.4) is 0 Å². The van der Waals surface area contributed by atoms with Crippen LogP contribution >= 0.6 is 11.5 Å². The smallest absolute Gasteiger partial charge is 0.277 e. The lowest BCUT2D eigenvalue weighted by Gasteiger charge is -2.15. The van der Waals surface area contributed by atoms with E-state index in [-0.39, 0.29) is 29.1 Å². The third kappa shape index (κ3) is 4.22. The third-order valence-corrected chi connectivity index (χ3v) is 4.44. The molecule has 0 saturated heterocycles. The molecule has 3 aromatic rings. The van der Waals surface area contributed by atoms with E-state index in [2.05, 4.69) is 20.4 Å². The second-order valence-electron chi connectivity index (χ2n) is 5.92. The van der Waals surface area contributed by atoms with Crippen LogP contribution in [0.15, 0.2) is 24.3 Å². The van der Waals surface area contributed by atoms with Gasteiger partial charge in [0.1, 0.15) is 24.0 Å². The summed E-state index contributed by atoms with van der Waals surface area (Å²) >= 11 is 0.889. The number of aromatic nitrogens is 2. The van der Waals surface area contributed by atoms with E-state index in [1.54, 1.807) is 13.0 Å². The maximum atomic E-state index is 15.0. The minimum atomic E-state index is -1.19. The Morgan fingerprint density at radius 3 is 2.86 bits per heavy atom. The molecule has 11 heteroatoms. The first-order valence-corrected chi connectivity index (χ1v) is 8.86. The van der Waals surface area contributed by atoms with Gasteiger partial charge in [-0.2, -0.15) is 0 Å². The number of carbonyl (C=O) groups is 1. The number of halogens is 2. The summed E-state index contributed by atoms with van der Waals surface area (Å²) in [5.74, 6) is -2.33. The molecule has 1 atom stereocenters. The highest BCUT2D eigenvalue weighted by molar-refractivity contribution is 7.13. The van der Waals surface area contributed by atoms with Crippen LogP contribution in [-0.2, 0) is 4.84 Å². The Kier molecular flexibility index (Phi) is 6.09. The number of carbonyl (C=O) groups excluding carboxylic acids is 1. The third-order valence-electron chi connectivity index (χ3n) is 3.77. The van der Waals surface area contributed by atoms with E-state index >= 15 is 0 Å². The molecule has 0 bridgehead atoms. The molecule has 0 aliphatic carbocycles. The number of aliphatic hydroxyl groups excluding tert-OH is 2. The van der Waals surface area contributed by atoms with Gasteiger partial charge in [-0.25, -0.2) is 14.3 Å². The van der Waals surface area contributed by atoms with E-state index in [1.165, 1.54) is 18.2 Å². The maximum absolute atomic E-state index is 15.0. The molecular weight excluding hydrogens is 394 g/mol. The van der Waals surface area contributed by atoms with Crippen LogP contribution in [0.4, 0.5) is 20.2 Å².